The van der Waals surface area contributed by atoms with Gasteiger partial charge in [-0.3, -0.25) is 4.98 Å². The Hall–Kier alpha value is -0.0565. The van der Waals surface area contributed by atoms with Gasteiger partial charge in [-0.05, 0) is 40.8 Å². The van der Waals surface area contributed by atoms with Gasteiger partial charge in [0.15, 0.2) is 5.75 Å². The van der Waals surface area contributed by atoms with Gasteiger partial charge in [-0.1, -0.05) is 11.6 Å². The molecule has 1 N–H and O–H groups in total. The quantitative estimate of drug-likeness (QED) is 0.575. The van der Waals surface area contributed by atoms with E-state index in [0.717, 1.165) is 5.39 Å². The fraction of sp³-hybridized carbons (Fsp3) is 0. The summed E-state index contributed by atoms with van der Waals surface area (Å²) in [4.78, 5) is 4.06. The Morgan fingerprint density at radius 1 is 1.43 bits per heavy atom. The summed E-state index contributed by atoms with van der Waals surface area (Å²) in [7, 11) is 0. The molecular weight excluding hydrogens is 359 g/mol. The summed E-state index contributed by atoms with van der Waals surface area (Å²) in [5, 5.41) is 11.0. The summed E-state index contributed by atoms with van der Waals surface area (Å²) >= 11 is 8.00. The maximum absolute atomic E-state index is 9.65. The van der Waals surface area contributed by atoms with Gasteiger partial charge in [0.1, 0.15) is 5.52 Å². The van der Waals surface area contributed by atoms with E-state index in [1.165, 1.54) is 0 Å². The van der Waals surface area contributed by atoms with Crippen LogP contribution in [0.15, 0.2) is 24.4 Å². The van der Waals surface area contributed by atoms with Crippen molar-refractivity contribution in [3.05, 3.63) is 33.0 Å². The molecule has 2 aromatic rings. The van der Waals surface area contributed by atoms with Gasteiger partial charge in [0, 0.05) is 28.1 Å². The number of aromatic nitrogens is 1. The Bertz CT molecular complexity index is 478. The molecule has 0 spiro atoms. The number of halogens is 2. The summed E-state index contributed by atoms with van der Waals surface area (Å²) in [6.45, 7) is 0. The minimum absolute atomic E-state index is 0. The monoisotopic (exact) mass is 363 g/mol. The van der Waals surface area contributed by atoms with Crippen LogP contribution in [0.2, 0.25) is 5.02 Å². The smallest absolute Gasteiger partial charge is 0.155 e. The second kappa shape index (κ2) is 4.64. The van der Waals surface area contributed by atoms with Crippen molar-refractivity contribution in [1.82, 2.24) is 4.98 Å². The molecule has 0 saturated heterocycles. The van der Waals surface area contributed by atoms with Gasteiger partial charge in [-0.25, -0.2) is 0 Å². The van der Waals surface area contributed by atoms with Crippen LogP contribution in [-0.4, -0.2) is 10.1 Å². The zero-order valence-corrected chi connectivity index (χ0v) is 10.7. The number of nitrogens with zero attached hydrogens (tertiary/aromatic N) is 1. The third-order valence-corrected chi connectivity index (χ3v) is 2.90. The normalized spacial score (nSPS) is 9.86. The van der Waals surface area contributed by atoms with Gasteiger partial charge in [0.2, 0.25) is 0 Å². The number of fused-ring (bicyclic) bond motifs is 1. The molecular formula is C9H5ClINNiO. The van der Waals surface area contributed by atoms with Crippen LogP contribution in [0.1, 0.15) is 0 Å². The molecule has 0 aliphatic heterocycles. The molecule has 0 amide bonds. The van der Waals surface area contributed by atoms with Crippen LogP contribution in [0, 0.1) is 3.57 Å². The molecule has 0 saturated carbocycles. The topological polar surface area (TPSA) is 33.1 Å². The van der Waals surface area contributed by atoms with E-state index < -0.39 is 0 Å². The Kier molecular flexibility index (Phi) is 3.98. The third kappa shape index (κ3) is 1.97. The Balaban J connectivity index is 0.000000980. The summed E-state index contributed by atoms with van der Waals surface area (Å²) in [6.07, 6.45) is 1.63. The number of phenols is 1. The maximum atomic E-state index is 9.65. The van der Waals surface area contributed by atoms with Gasteiger partial charge >= 0.3 is 0 Å². The number of pyridine rings is 1. The fourth-order valence-electron chi connectivity index (χ4n) is 1.16. The average Bonchev–Trinajstić information content (AvgIpc) is 2.15. The van der Waals surface area contributed by atoms with Crippen LogP contribution < -0.4 is 0 Å². The Morgan fingerprint density at radius 2 is 2.14 bits per heavy atom. The second-order valence-electron chi connectivity index (χ2n) is 2.59. The first-order chi connectivity index (χ1) is 6.20. The molecule has 1 heterocycles. The summed E-state index contributed by atoms with van der Waals surface area (Å²) in [5.74, 6) is 0.195. The van der Waals surface area contributed by atoms with Crippen molar-refractivity contribution in [2.75, 3.05) is 0 Å². The van der Waals surface area contributed by atoms with E-state index in [2.05, 4.69) is 4.98 Å². The average molecular weight is 364 g/mol. The first-order valence-electron chi connectivity index (χ1n) is 3.62. The van der Waals surface area contributed by atoms with Crippen molar-refractivity contribution in [2.45, 2.75) is 0 Å². The van der Waals surface area contributed by atoms with Crippen LogP contribution in [0.4, 0.5) is 0 Å². The number of phenolic OH excluding ortho intramolecular Hbond substituents is 1. The number of hydrogen-bond acceptors (Lipinski definition) is 2. The van der Waals surface area contributed by atoms with Crippen molar-refractivity contribution < 1.29 is 21.6 Å². The second-order valence-corrected chi connectivity index (χ2v) is 4.16. The molecule has 0 radical (unpaired) electrons. The van der Waals surface area contributed by atoms with Gasteiger partial charge in [-0.2, -0.15) is 0 Å². The van der Waals surface area contributed by atoms with E-state index in [-0.39, 0.29) is 22.2 Å². The molecule has 0 fully saturated rings. The molecule has 2 nitrogen and oxygen atoms in total. The molecule has 0 bridgehead atoms. The van der Waals surface area contributed by atoms with Gasteiger partial charge in [0.25, 0.3) is 0 Å². The fourth-order valence-corrected chi connectivity index (χ4v) is 2.17. The van der Waals surface area contributed by atoms with Crippen molar-refractivity contribution >= 4 is 45.1 Å². The van der Waals surface area contributed by atoms with Crippen LogP contribution >= 0.6 is 34.2 Å². The van der Waals surface area contributed by atoms with Gasteiger partial charge < -0.3 is 5.11 Å². The molecule has 1 aromatic heterocycles. The molecule has 0 unspecified atom stereocenters. The van der Waals surface area contributed by atoms with E-state index in [1.807, 2.05) is 28.7 Å². The number of hydrogen-bond donors (Lipinski definition) is 1. The van der Waals surface area contributed by atoms with Crippen LogP contribution in [0.5, 0.6) is 5.75 Å². The van der Waals surface area contributed by atoms with E-state index >= 15 is 0 Å². The van der Waals surface area contributed by atoms with Crippen LogP contribution in [0.25, 0.3) is 10.9 Å². The Labute approximate surface area is 110 Å². The standard InChI is InChI=1S/C9H5ClINO.Ni/c10-6-4-7(11)9(13)8-5(6)2-1-3-12-8;/h1-4,13H;. The predicted octanol–water partition coefficient (Wildman–Crippen LogP) is 3.20. The molecule has 14 heavy (non-hydrogen) atoms. The molecule has 5 heteroatoms. The molecule has 1 aromatic carbocycles. The summed E-state index contributed by atoms with van der Waals surface area (Å²) in [6, 6.07) is 5.35. The maximum Gasteiger partial charge on any atom is 0.155 e. The molecule has 76 valence electrons. The van der Waals surface area contributed by atoms with E-state index in [0.29, 0.717) is 14.1 Å². The van der Waals surface area contributed by atoms with E-state index in [9.17, 15) is 5.11 Å². The zero-order chi connectivity index (χ0) is 9.42. The zero-order valence-electron chi connectivity index (χ0n) is 6.78. The molecule has 0 atom stereocenters. The van der Waals surface area contributed by atoms with Crippen LogP contribution in [-0.2, 0) is 16.5 Å². The molecule has 2 rings (SSSR count). The number of rotatable bonds is 0. The SMILES string of the molecule is Oc1c(I)cc(Cl)c2cccnc12.[Ni]. The minimum Gasteiger partial charge on any atom is -0.505 e. The largest absolute Gasteiger partial charge is 0.505 e. The van der Waals surface area contributed by atoms with Crippen molar-refractivity contribution in [2.24, 2.45) is 0 Å². The van der Waals surface area contributed by atoms with Crippen molar-refractivity contribution in [3.63, 3.8) is 0 Å². The first-order valence-corrected chi connectivity index (χ1v) is 5.07. The predicted molar refractivity (Wildman–Crippen MR) is 61.1 cm³/mol. The Morgan fingerprint density at radius 3 is 2.86 bits per heavy atom. The first kappa shape index (κ1) is 12.0. The van der Waals surface area contributed by atoms with Gasteiger partial charge in [-0.15, -0.1) is 0 Å². The number of aromatic hydroxyl groups is 1. The van der Waals surface area contributed by atoms with E-state index in [1.54, 1.807) is 18.3 Å². The third-order valence-electron chi connectivity index (χ3n) is 1.77. The summed E-state index contributed by atoms with van der Waals surface area (Å²) < 4.78 is 0.716. The molecule has 0 aliphatic carbocycles. The van der Waals surface area contributed by atoms with E-state index in [4.69, 9.17) is 11.6 Å². The van der Waals surface area contributed by atoms with Gasteiger partial charge in [0.05, 0.1) is 8.59 Å². The van der Waals surface area contributed by atoms with Crippen molar-refractivity contribution in [1.29, 1.82) is 0 Å². The molecule has 0 aliphatic rings. The summed E-state index contributed by atoms with van der Waals surface area (Å²) in [5.41, 5.74) is 0.555. The van der Waals surface area contributed by atoms with Crippen molar-refractivity contribution in [3.8, 4) is 5.75 Å². The minimum atomic E-state index is 0. The number of benzene rings is 1. The van der Waals surface area contributed by atoms with Crippen LogP contribution in [0.3, 0.4) is 0 Å².